The number of imidazole rings is 1. The van der Waals surface area contributed by atoms with E-state index in [0.717, 1.165) is 0 Å². The first-order valence-corrected chi connectivity index (χ1v) is 4.86. The van der Waals surface area contributed by atoms with Crippen LogP contribution < -0.4 is 5.32 Å². The molecule has 0 radical (unpaired) electrons. The largest absolute Gasteiger partial charge is 0.465 e. The molecule has 8 nitrogen and oxygen atoms in total. The van der Waals surface area contributed by atoms with Crippen molar-refractivity contribution in [2.75, 3.05) is 5.32 Å². The molecular formula is C10H8N4O4. The molecule has 0 unspecified atom stereocenters. The van der Waals surface area contributed by atoms with Gasteiger partial charge in [-0.15, -0.1) is 0 Å². The van der Waals surface area contributed by atoms with E-state index >= 15 is 0 Å². The maximum Gasteiger partial charge on any atom is 0.411 e. The molecule has 1 heterocycles. The van der Waals surface area contributed by atoms with Gasteiger partial charge in [-0.25, -0.2) is 9.78 Å². The number of hydrogen-bond donors (Lipinski definition) is 3. The molecule has 1 aromatic heterocycles. The number of benzene rings is 1. The van der Waals surface area contributed by atoms with Gasteiger partial charge in [-0.2, -0.15) is 0 Å². The second-order valence-corrected chi connectivity index (χ2v) is 3.35. The van der Waals surface area contributed by atoms with E-state index in [1.165, 1.54) is 12.3 Å². The maximum atomic E-state index is 10.8. The van der Waals surface area contributed by atoms with E-state index in [4.69, 9.17) is 5.11 Å². The van der Waals surface area contributed by atoms with Crippen molar-refractivity contribution in [3.63, 3.8) is 0 Å². The van der Waals surface area contributed by atoms with E-state index < -0.39 is 11.0 Å². The molecule has 0 atom stereocenters. The molecule has 2 aromatic rings. The number of aromatic amines is 1. The van der Waals surface area contributed by atoms with Crippen molar-refractivity contribution < 1.29 is 14.8 Å². The number of rotatable bonds is 3. The van der Waals surface area contributed by atoms with E-state index in [0.29, 0.717) is 11.3 Å². The maximum absolute atomic E-state index is 10.8. The Morgan fingerprint density at radius 2 is 2.17 bits per heavy atom. The molecule has 0 aliphatic heterocycles. The number of hydrogen-bond acceptors (Lipinski definition) is 4. The van der Waals surface area contributed by atoms with Crippen molar-refractivity contribution in [3.05, 3.63) is 40.6 Å². The van der Waals surface area contributed by atoms with Gasteiger partial charge < -0.3 is 10.1 Å². The summed E-state index contributed by atoms with van der Waals surface area (Å²) in [6, 6.07) is 6.11. The monoisotopic (exact) mass is 248 g/mol. The average Bonchev–Trinajstić information content (AvgIpc) is 2.76. The molecule has 1 amide bonds. The predicted octanol–water partition coefficient (Wildman–Crippen LogP) is 2.07. The summed E-state index contributed by atoms with van der Waals surface area (Å²) in [5, 5.41) is 21.4. The predicted molar refractivity (Wildman–Crippen MR) is 62.3 cm³/mol. The number of nitrogens with one attached hydrogen (secondary N) is 2. The molecule has 2 rings (SSSR count). The van der Waals surface area contributed by atoms with Gasteiger partial charge in [0.25, 0.3) is 5.69 Å². The van der Waals surface area contributed by atoms with Crippen LogP contribution in [-0.2, 0) is 0 Å². The van der Waals surface area contributed by atoms with Crippen molar-refractivity contribution in [2.45, 2.75) is 0 Å². The summed E-state index contributed by atoms with van der Waals surface area (Å²) in [5.41, 5.74) is 0.627. The van der Waals surface area contributed by atoms with Crippen molar-refractivity contribution in [1.82, 2.24) is 9.97 Å². The number of anilines is 1. The molecule has 8 heteroatoms. The number of amides is 1. The van der Waals surface area contributed by atoms with Crippen LogP contribution in [0.5, 0.6) is 0 Å². The number of para-hydroxylation sites is 1. The van der Waals surface area contributed by atoms with Crippen LogP contribution in [-0.4, -0.2) is 26.1 Å². The lowest BCUT2D eigenvalue weighted by atomic mass is 10.1. The Labute approximate surface area is 100 Å². The van der Waals surface area contributed by atoms with Crippen LogP contribution >= 0.6 is 0 Å². The molecule has 1 aromatic carbocycles. The zero-order chi connectivity index (χ0) is 13.1. The number of aromatic nitrogens is 2. The van der Waals surface area contributed by atoms with Gasteiger partial charge in [0, 0.05) is 6.07 Å². The summed E-state index contributed by atoms with van der Waals surface area (Å²) in [5.74, 6) is 0.00986. The van der Waals surface area contributed by atoms with Crippen LogP contribution in [0.4, 0.5) is 16.4 Å². The van der Waals surface area contributed by atoms with Crippen LogP contribution in [0.1, 0.15) is 0 Å². The van der Waals surface area contributed by atoms with Gasteiger partial charge in [0.2, 0.25) is 5.95 Å². The molecule has 0 saturated carbocycles. The van der Waals surface area contributed by atoms with E-state index in [2.05, 4.69) is 9.97 Å². The minimum atomic E-state index is -1.27. The Morgan fingerprint density at radius 1 is 1.44 bits per heavy atom. The second-order valence-electron chi connectivity index (χ2n) is 3.35. The topological polar surface area (TPSA) is 121 Å². The Hall–Kier alpha value is -2.90. The number of H-pyrrole nitrogens is 1. The van der Waals surface area contributed by atoms with Gasteiger partial charge in [0.05, 0.1) is 22.4 Å². The number of carboxylic acid groups (broad SMARTS) is 1. The van der Waals surface area contributed by atoms with Gasteiger partial charge in [0.15, 0.2) is 0 Å². The molecule has 0 spiro atoms. The first-order valence-electron chi connectivity index (χ1n) is 4.86. The molecule has 0 fully saturated rings. The van der Waals surface area contributed by atoms with Crippen LogP contribution in [0.15, 0.2) is 30.5 Å². The normalized spacial score (nSPS) is 10.0. The fourth-order valence-electron chi connectivity index (χ4n) is 1.48. The highest BCUT2D eigenvalue weighted by molar-refractivity contribution is 5.81. The molecule has 18 heavy (non-hydrogen) atoms. The van der Waals surface area contributed by atoms with Crippen molar-refractivity contribution in [3.8, 4) is 11.3 Å². The Morgan fingerprint density at radius 3 is 2.83 bits per heavy atom. The summed E-state index contributed by atoms with van der Waals surface area (Å²) in [4.78, 5) is 27.1. The molecule has 3 N–H and O–H groups in total. The summed E-state index contributed by atoms with van der Waals surface area (Å²) < 4.78 is 0. The summed E-state index contributed by atoms with van der Waals surface area (Å²) in [6.45, 7) is 0. The highest BCUT2D eigenvalue weighted by atomic mass is 16.6. The van der Waals surface area contributed by atoms with Gasteiger partial charge >= 0.3 is 6.09 Å². The molecule has 0 saturated heterocycles. The second kappa shape index (κ2) is 4.53. The van der Waals surface area contributed by atoms with Gasteiger partial charge in [0.1, 0.15) is 0 Å². The number of nitro benzene ring substituents is 1. The summed E-state index contributed by atoms with van der Waals surface area (Å²) in [6.07, 6.45) is 0.0617. The minimum absolute atomic E-state index is 0.00986. The van der Waals surface area contributed by atoms with Gasteiger partial charge in [-0.3, -0.25) is 15.4 Å². The lowest BCUT2D eigenvalue weighted by Gasteiger charge is -1.99. The highest BCUT2D eigenvalue weighted by Gasteiger charge is 2.16. The highest BCUT2D eigenvalue weighted by Crippen LogP contribution is 2.28. The van der Waals surface area contributed by atoms with E-state index in [1.54, 1.807) is 18.2 Å². The van der Waals surface area contributed by atoms with Crippen molar-refractivity contribution >= 4 is 17.7 Å². The summed E-state index contributed by atoms with van der Waals surface area (Å²) in [7, 11) is 0. The standard InChI is InChI=1S/C10H8N4O4/c15-10(16)13-9-11-5-7(12-9)6-3-1-2-4-8(6)14(17)18/h1-5H,(H,15,16)(H2,11,12,13). The number of nitro groups is 1. The van der Waals surface area contributed by atoms with Gasteiger partial charge in [-0.1, -0.05) is 12.1 Å². The number of carbonyl (C=O) groups is 1. The molecule has 0 aliphatic carbocycles. The first kappa shape index (κ1) is 11.6. The fraction of sp³-hybridized carbons (Fsp3) is 0. The van der Waals surface area contributed by atoms with E-state index in [9.17, 15) is 14.9 Å². The Kier molecular flexibility index (Phi) is 2.92. The number of nitrogens with zero attached hydrogens (tertiary/aromatic N) is 2. The van der Waals surface area contributed by atoms with Crippen LogP contribution in [0.2, 0.25) is 0 Å². The van der Waals surface area contributed by atoms with Crippen LogP contribution in [0.25, 0.3) is 11.3 Å². The Balaban J connectivity index is 2.40. The molecular weight excluding hydrogens is 240 g/mol. The third kappa shape index (κ3) is 2.26. The lowest BCUT2D eigenvalue weighted by Crippen LogP contribution is -2.08. The van der Waals surface area contributed by atoms with Crippen LogP contribution in [0, 0.1) is 10.1 Å². The average molecular weight is 248 g/mol. The summed E-state index contributed by atoms with van der Waals surface area (Å²) >= 11 is 0. The smallest absolute Gasteiger partial charge is 0.411 e. The zero-order valence-electron chi connectivity index (χ0n) is 8.95. The van der Waals surface area contributed by atoms with Crippen molar-refractivity contribution in [1.29, 1.82) is 0 Å². The third-order valence-electron chi connectivity index (χ3n) is 2.19. The molecule has 0 bridgehead atoms. The first-order chi connectivity index (χ1) is 8.58. The fourth-order valence-corrected chi connectivity index (χ4v) is 1.48. The van der Waals surface area contributed by atoms with E-state index in [-0.39, 0.29) is 11.6 Å². The lowest BCUT2D eigenvalue weighted by molar-refractivity contribution is -0.384. The minimum Gasteiger partial charge on any atom is -0.465 e. The molecule has 92 valence electrons. The van der Waals surface area contributed by atoms with Gasteiger partial charge in [-0.05, 0) is 6.07 Å². The van der Waals surface area contributed by atoms with E-state index in [1.807, 2.05) is 5.32 Å². The zero-order valence-corrected chi connectivity index (χ0v) is 8.95. The third-order valence-corrected chi connectivity index (χ3v) is 2.19. The Bertz CT molecular complexity index is 607. The SMILES string of the molecule is O=C(O)Nc1ncc(-c2ccccc2[N+](=O)[O-])[nH]1. The van der Waals surface area contributed by atoms with Crippen LogP contribution in [0.3, 0.4) is 0 Å². The van der Waals surface area contributed by atoms with Crippen molar-refractivity contribution in [2.24, 2.45) is 0 Å². The molecule has 0 aliphatic rings. The quantitative estimate of drug-likeness (QED) is 0.567.